The maximum absolute atomic E-state index is 4.00. The molecule has 0 aliphatic heterocycles. The maximum Gasteiger partial charge on any atom is -0.0242 e. The van der Waals surface area contributed by atoms with Crippen LogP contribution < -0.4 is 0 Å². The van der Waals surface area contributed by atoms with Crippen LogP contribution in [0.15, 0.2) is 0 Å². The van der Waals surface area contributed by atoms with Gasteiger partial charge in [-0.25, -0.2) is 0 Å². The molecule has 0 atom stereocenters. The second-order valence-electron chi connectivity index (χ2n) is 1.08. The van der Waals surface area contributed by atoms with Crippen molar-refractivity contribution in [2.24, 2.45) is 0 Å². The van der Waals surface area contributed by atoms with Crippen molar-refractivity contribution in [2.45, 2.75) is 19.8 Å². The first kappa shape index (κ1) is 15.8. The van der Waals surface area contributed by atoms with Gasteiger partial charge in [0, 0.05) is 0 Å². The fourth-order valence-corrected chi connectivity index (χ4v) is 0.474. The molecule has 0 saturated heterocycles. The third kappa shape index (κ3) is 18.7. The molecule has 0 aromatic heterocycles. The van der Waals surface area contributed by atoms with Crippen molar-refractivity contribution < 1.29 is 0 Å². The molecule has 0 rings (SSSR count). The van der Waals surface area contributed by atoms with Crippen LogP contribution in [-0.4, -0.2) is 6.16 Å². The number of hydrogen-bond acceptors (Lipinski definition) is 0. The summed E-state index contributed by atoms with van der Waals surface area (Å²) < 4.78 is 0. The van der Waals surface area contributed by atoms with E-state index in [0.717, 1.165) is 6.16 Å². The Morgan fingerprint density at radius 3 is 1.71 bits per heavy atom. The van der Waals surface area contributed by atoms with Crippen molar-refractivity contribution in [3.8, 4) is 0 Å². The van der Waals surface area contributed by atoms with E-state index in [9.17, 15) is 0 Å². The summed E-state index contributed by atoms with van der Waals surface area (Å²) in [5.41, 5.74) is 0. The Balaban J connectivity index is -0.0000000800. The van der Waals surface area contributed by atoms with E-state index < -0.39 is 0 Å². The lowest BCUT2D eigenvalue weighted by atomic mass is 10.4. The molecular formula is C4H11Br2P. The summed E-state index contributed by atoms with van der Waals surface area (Å²) in [5.74, 6) is 0. The van der Waals surface area contributed by atoms with Crippen LogP contribution in [0.2, 0.25) is 0 Å². The summed E-state index contributed by atoms with van der Waals surface area (Å²) >= 11 is 0. The summed E-state index contributed by atoms with van der Waals surface area (Å²) in [4.78, 5) is 0. The molecule has 0 N–H and O–H groups in total. The minimum Gasteiger partial charge on any atom is -0.114 e. The summed E-state index contributed by atoms with van der Waals surface area (Å²) in [6, 6.07) is 0. The second kappa shape index (κ2) is 15.7. The van der Waals surface area contributed by atoms with Gasteiger partial charge in [-0.2, -0.15) is 0 Å². The molecule has 0 aliphatic rings. The van der Waals surface area contributed by atoms with Crippen LogP contribution in [0.3, 0.4) is 0 Å². The van der Waals surface area contributed by atoms with Crippen LogP contribution >= 0.6 is 43.2 Å². The maximum atomic E-state index is 4.00. The summed E-state index contributed by atoms with van der Waals surface area (Å²) in [7, 11) is 4.00. The third-order valence-electron chi connectivity index (χ3n) is 0.512. The highest BCUT2D eigenvalue weighted by Gasteiger charge is 1.69. The Morgan fingerprint density at radius 2 is 1.71 bits per heavy atom. The average Bonchev–Trinajstić information content (AvgIpc) is 1.41. The van der Waals surface area contributed by atoms with Gasteiger partial charge in [0.05, 0.1) is 0 Å². The zero-order valence-corrected chi connectivity index (χ0v) is 8.71. The first-order valence-corrected chi connectivity index (χ1v) is 2.66. The van der Waals surface area contributed by atoms with Gasteiger partial charge >= 0.3 is 0 Å². The molecule has 0 spiro atoms. The first-order valence-electron chi connectivity index (χ1n) is 2.02. The lowest BCUT2D eigenvalue weighted by molar-refractivity contribution is 0.897. The van der Waals surface area contributed by atoms with Gasteiger partial charge in [-0.15, -0.1) is 34.0 Å². The molecule has 0 fully saturated rings. The molecule has 0 amide bonds. The van der Waals surface area contributed by atoms with E-state index in [4.69, 9.17) is 0 Å². The SMILES string of the molecule is Br.Br.CCCC[P]. The Bertz CT molecular complexity index is 17.2. The molecule has 0 bridgehead atoms. The highest BCUT2D eigenvalue weighted by Crippen LogP contribution is 1.89. The largest absolute Gasteiger partial charge is 0.114 e. The molecule has 0 aromatic rings. The third-order valence-corrected chi connectivity index (χ3v) is 0.828. The fraction of sp³-hybridized carbons (Fsp3) is 1.00. The molecule has 3 heteroatoms. The van der Waals surface area contributed by atoms with Crippen molar-refractivity contribution in [1.82, 2.24) is 0 Å². The Kier molecular flexibility index (Phi) is 35.3. The van der Waals surface area contributed by atoms with Gasteiger partial charge in [-0.05, 0) is 21.8 Å². The van der Waals surface area contributed by atoms with Gasteiger partial charge in [0.15, 0.2) is 0 Å². The summed E-state index contributed by atoms with van der Waals surface area (Å²) in [5, 5.41) is 0. The van der Waals surface area contributed by atoms with Crippen LogP contribution in [0, 0.1) is 0 Å². The van der Waals surface area contributed by atoms with Crippen molar-refractivity contribution in [3.05, 3.63) is 0 Å². The molecule has 7 heavy (non-hydrogen) atoms. The Hall–Kier alpha value is 1.39. The number of unbranched alkanes of at least 4 members (excludes halogenated alkanes) is 1. The Labute approximate surface area is 69.2 Å². The minimum atomic E-state index is 0. The van der Waals surface area contributed by atoms with E-state index in [-0.39, 0.29) is 34.0 Å². The van der Waals surface area contributed by atoms with E-state index in [2.05, 4.69) is 16.2 Å². The van der Waals surface area contributed by atoms with E-state index in [1.807, 2.05) is 0 Å². The minimum absolute atomic E-state index is 0. The monoisotopic (exact) mass is 248 g/mol. The summed E-state index contributed by atoms with van der Waals surface area (Å²) in [6.45, 7) is 2.16. The lowest BCUT2D eigenvalue weighted by Gasteiger charge is -1.78. The second-order valence-corrected chi connectivity index (χ2v) is 1.52. The van der Waals surface area contributed by atoms with Crippen LogP contribution in [0.5, 0.6) is 0 Å². The quantitative estimate of drug-likeness (QED) is 0.659. The molecule has 0 aromatic carbocycles. The molecule has 46 valence electrons. The average molecular weight is 250 g/mol. The predicted molar refractivity (Wildman–Crippen MR) is 47.3 cm³/mol. The zero-order valence-electron chi connectivity index (χ0n) is 4.39. The van der Waals surface area contributed by atoms with Crippen LogP contribution in [0.1, 0.15) is 19.8 Å². The van der Waals surface area contributed by atoms with Gasteiger partial charge < -0.3 is 0 Å². The first-order chi connectivity index (χ1) is 2.41. The van der Waals surface area contributed by atoms with Gasteiger partial charge in [-0.1, -0.05) is 13.3 Å². The number of halogens is 2. The zero-order chi connectivity index (χ0) is 4.12. The standard InChI is InChI=1S/C4H9P.2BrH/c1-2-3-4-5;;/h2-4H2,1H3;2*1H. The van der Waals surface area contributed by atoms with Crippen molar-refractivity contribution in [2.75, 3.05) is 6.16 Å². The molecule has 0 saturated carbocycles. The normalized spacial score (nSPS) is 6.00. The van der Waals surface area contributed by atoms with E-state index in [1.165, 1.54) is 12.8 Å². The molecular weight excluding hydrogens is 239 g/mol. The predicted octanol–water partition coefficient (Wildman–Crippen LogP) is 3.35. The van der Waals surface area contributed by atoms with Crippen LogP contribution in [-0.2, 0) is 0 Å². The van der Waals surface area contributed by atoms with Crippen molar-refractivity contribution >= 4 is 43.2 Å². The molecule has 2 radical (unpaired) electrons. The summed E-state index contributed by atoms with van der Waals surface area (Å²) in [6.07, 6.45) is 3.56. The van der Waals surface area contributed by atoms with Crippen molar-refractivity contribution in [3.63, 3.8) is 0 Å². The van der Waals surface area contributed by atoms with E-state index in [0.29, 0.717) is 0 Å². The molecule has 0 unspecified atom stereocenters. The van der Waals surface area contributed by atoms with E-state index in [1.54, 1.807) is 0 Å². The lowest BCUT2D eigenvalue weighted by Crippen LogP contribution is -1.64. The molecule has 0 nitrogen and oxygen atoms in total. The fourth-order valence-electron chi connectivity index (χ4n) is 0.158. The van der Waals surface area contributed by atoms with Crippen LogP contribution in [0.25, 0.3) is 0 Å². The van der Waals surface area contributed by atoms with Gasteiger partial charge in [0.25, 0.3) is 0 Å². The van der Waals surface area contributed by atoms with Crippen molar-refractivity contribution in [1.29, 1.82) is 0 Å². The van der Waals surface area contributed by atoms with Gasteiger partial charge in [0.1, 0.15) is 0 Å². The highest BCUT2D eigenvalue weighted by atomic mass is 79.9. The number of rotatable bonds is 2. The van der Waals surface area contributed by atoms with Gasteiger partial charge in [-0.3, -0.25) is 0 Å². The molecule has 0 aliphatic carbocycles. The van der Waals surface area contributed by atoms with Gasteiger partial charge in [0.2, 0.25) is 0 Å². The number of hydrogen-bond donors (Lipinski definition) is 0. The topological polar surface area (TPSA) is 0 Å². The Morgan fingerprint density at radius 1 is 1.29 bits per heavy atom. The van der Waals surface area contributed by atoms with E-state index >= 15 is 0 Å². The molecule has 0 heterocycles. The van der Waals surface area contributed by atoms with Crippen LogP contribution in [0.4, 0.5) is 0 Å². The smallest absolute Gasteiger partial charge is 0.0242 e. The highest BCUT2D eigenvalue weighted by molar-refractivity contribution is 8.93.